The molecular weight excluding hydrogens is 773 g/mol. The van der Waals surface area contributed by atoms with Gasteiger partial charge in [0.15, 0.2) is 11.5 Å². The van der Waals surface area contributed by atoms with Crippen LogP contribution < -0.4 is 14.4 Å². The smallest absolute Gasteiger partial charge is 0.338 e. The van der Waals surface area contributed by atoms with Gasteiger partial charge in [-0.1, -0.05) is 36.4 Å². The lowest BCUT2D eigenvalue weighted by atomic mass is 9.92. The molecule has 1 N–H and O–H groups in total. The van der Waals surface area contributed by atoms with Crippen molar-refractivity contribution in [2.45, 2.75) is 77.7 Å². The van der Waals surface area contributed by atoms with E-state index in [9.17, 15) is 9.90 Å². The second-order valence-electron chi connectivity index (χ2n) is 17.3. The van der Waals surface area contributed by atoms with Gasteiger partial charge in [-0.15, -0.1) is 0 Å². The zero-order valence-corrected chi connectivity index (χ0v) is 35.0. The highest BCUT2D eigenvalue weighted by Crippen LogP contribution is 2.42. The van der Waals surface area contributed by atoms with E-state index in [2.05, 4.69) is 27.7 Å². The zero-order chi connectivity index (χ0) is 42.3. The van der Waals surface area contributed by atoms with Crippen LogP contribution in [0, 0.1) is 0 Å². The number of phenolic OH excluding ortho intramolecular Hbond substituents is 1. The van der Waals surface area contributed by atoms with Crippen molar-refractivity contribution >= 4 is 23.5 Å². The number of aromatic nitrogens is 1. The summed E-state index contributed by atoms with van der Waals surface area (Å²) in [4.78, 5) is 49.6. The topological polar surface area (TPSA) is 123 Å². The number of hydrogen-bond acceptors (Lipinski definition) is 9. The molecule has 1 saturated heterocycles. The average molecular weight is 825 g/mol. The lowest BCUT2D eigenvalue weighted by molar-refractivity contribution is 0.00688. The second-order valence-corrected chi connectivity index (χ2v) is 17.3. The average Bonchev–Trinajstić information content (AvgIpc) is 3.89. The molecule has 61 heavy (non-hydrogen) atoms. The summed E-state index contributed by atoms with van der Waals surface area (Å²) in [6.45, 7) is 10.5. The van der Waals surface area contributed by atoms with Crippen molar-refractivity contribution in [2.75, 3.05) is 44.5 Å². The maximum absolute atomic E-state index is 15.3. The number of aromatic hydroxyl groups is 1. The van der Waals surface area contributed by atoms with Crippen LogP contribution in [0.3, 0.4) is 0 Å². The molecule has 9 rings (SSSR count). The van der Waals surface area contributed by atoms with Gasteiger partial charge in [-0.25, -0.2) is 4.79 Å². The van der Waals surface area contributed by atoms with Crippen LogP contribution >= 0.6 is 0 Å². The Morgan fingerprint density at radius 3 is 2.36 bits per heavy atom. The quantitative estimate of drug-likeness (QED) is 0.150. The summed E-state index contributed by atoms with van der Waals surface area (Å²) in [6.07, 6.45) is 3.24. The molecule has 0 spiro atoms. The molecule has 1 fully saturated rings. The molecule has 0 radical (unpaired) electrons. The number of esters is 1. The van der Waals surface area contributed by atoms with Crippen LogP contribution in [0.5, 0.6) is 17.2 Å². The number of hydrogen-bond donors (Lipinski definition) is 1. The van der Waals surface area contributed by atoms with Crippen molar-refractivity contribution < 1.29 is 38.4 Å². The number of rotatable bonds is 9. The van der Waals surface area contributed by atoms with Crippen LogP contribution in [0.25, 0.3) is 11.3 Å². The van der Waals surface area contributed by atoms with Gasteiger partial charge >= 0.3 is 5.97 Å². The van der Waals surface area contributed by atoms with E-state index in [-0.39, 0.29) is 36.9 Å². The number of amides is 2. The molecule has 4 aliphatic rings. The molecule has 0 unspecified atom stereocenters. The molecule has 4 aliphatic heterocycles. The normalized spacial score (nSPS) is 17.4. The van der Waals surface area contributed by atoms with Crippen molar-refractivity contribution in [3.63, 3.8) is 0 Å². The summed E-state index contributed by atoms with van der Waals surface area (Å²) in [6, 6.07) is 27.6. The minimum absolute atomic E-state index is 0.0515. The number of nitrogens with zero attached hydrogens (tertiary/aromatic N) is 4. The van der Waals surface area contributed by atoms with Crippen molar-refractivity contribution in [2.24, 2.45) is 0 Å². The van der Waals surface area contributed by atoms with Gasteiger partial charge < -0.3 is 38.4 Å². The molecule has 316 valence electrons. The number of fused-ring (bicyclic) bond motifs is 3. The van der Waals surface area contributed by atoms with Gasteiger partial charge in [0, 0.05) is 61.4 Å². The summed E-state index contributed by atoms with van der Waals surface area (Å²) < 4.78 is 25.3. The maximum Gasteiger partial charge on any atom is 0.338 e. The first-order valence-corrected chi connectivity index (χ1v) is 21.3. The third-order valence-electron chi connectivity index (χ3n) is 12.0. The second kappa shape index (κ2) is 16.7. The number of phenols is 1. The van der Waals surface area contributed by atoms with Crippen molar-refractivity contribution in [1.82, 2.24) is 14.4 Å². The molecule has 1 aromatic heterocycles. The molecule has 0 aliphatic carbocycles. The van der Waals surface area contributed by atoms with Crippen LogP contribution in [0.2, 0.25) is 0 Å². The monoisotopic (exact) mass is 824 g/mol. The number of carbonyl (C=O) groups is 3. The van der Waals surface area contributed by atoms with E-state index in [1.807, 2.05) is 56.0 Å². The fourth-order valence-corrected chi connectivity index (χ4v) is 9.01. The van der Waals surface area contributed by atoms with Crippen molar-refractivity contribution in [3.8, 4) is 28.5 Å². The van der Waals surface area contributed by atoms with Crippen LogP contribution in [0.4, 0.5) is 5.69 Å². The van der Waals surface area contributed by atoms with Crippen molar-refractivity contribution in [1.29, 1.82) is 0 Å². The first-order valence-electron chi connectivity index (χ1n) is 21.3. The Morgan fingerprint density at radius 1 is 0.836 bits per heavy atom. The predicted molar refractivity (Wildman–Crippen MR) is 230 cm³/mol. The molecular formula is C49H52N4O8. The predicted octanol–water partition coefficient (Wildman–Crippen LogP) is 7.63. The molecule has 0 saturated carbocycles. The highest BCUT2D eigenvalue weighted by molar-refractivity contribution is 6.09. The Labute approximate surface area is 356 Å². The number of morpholine rings is 1. The fourth-order valence-electron chi connectivity index (χ4n) is 9.01. The summed E-state index contributed by atoms with van der Waals surface area (Å²) in [7, 11) is 0. The summed E-state index contributed by atoms with van der Waals surface area (Å²) >= 11 is 0. The highest BCUT2D eigenvalue weighted by atomic mass is 16.7. The van der Waals surface area contributed by atoms with Crippen LogP contribution in [-0.4, -0.2) is 88.5 Å². The Morgan fingerprint density at radius 2 is 1.59 bits per heavy atom. The Bertz CT molecular complexity index is 2460. The van der Waals surface area contributed by atoms with Crippen LogP contribution in [0.1, 0.15) is 87.1 Å². The Kier molecular flexibility index (Phi) is 11.1. The van der Waals surface area contributed by atoms with Gasteiger partial charge in [-0.3, -0.25) is 14.5 Å². The van der Waals surface area contributed by atoms with Gasteiger partial charge in [-0.05, 0) is 118 Å². The molecule has 4 aromatic carbocycles. The molecule has 5 aromatic rings. The van der Waals surface area contributed by atoms with E-state index >= 15 is 9.59 Å². The zero-order valence-electron chi connectivity index (χ0n) is 35.0. The largest absolute Gasteiger partial charge is 0.508 e. The van der Waals surface area contributed by atoms with Gasteiger partial charge in [0.2, 0.25) is 6.79 Å². The minimum Gasteiger partial charge on any atom is -0.508 e. The maximum atomic E-state index is 15.3. The molecule has 0 bridgehead atoms. The number of carbonyl (C=O) groups excluding carboxylic acids is 3. The van der Waals surface area contributed by atoms with Gasteiger partial charge in [0.25, 0.3) is 11.8 Å². The fraction of sp³-hybridized carbons (Fsp3) is 0.367. The van der Waals surface area contributed by atoms with Crippen molar-refractivity contribution in [3.05, 3.63) is 130 Å². The SMILES string of the molecule is CC(C)(C)OC(=O)c1cccc(CN(C(=O)c2cc(-c3cc4c(cc3C(=O)N3Cc5ccccc5C[C@H]3CN3CCOCC3)OCO4)n3c2CCCC3)c2ccc(O)cc2)c1. The van der Waals surface area contributed by atoms with E-state index < -0.39 is 11.6 Å². The van der Waals surface area contributed by atoms with E-state index in [4.69, 9.17) is 18.9 Å². The Hall–Kier alpha value is -6.11. The molecule has 1 atom stereocenters. The summed E-state index contributed by atoms with van der Waals surface area (Å²) in [5, 5.41) is 10.2. The van der Waals surface area contributed by atoms with Crippen LogP contribution in [-0.2, 0) is 41.9 Å². The van der Waals surface area contributed by atoms with E-state index in [1.54, 1.807) is 47.4 Å². The van der Waals surface area contributed by atoms with E-state index in [1.165, 1.54) is 5.56 Å². The minimum atomic E-state index is -0.667. The lowest BCUT2D eigenvalue weighted by Gasteiger charge is -2.40. The molecule has 5 heterocycles. The third-order valence-corrected chi connectivity index (χ3v) is 12.0. The number of benzene rings is 4. The summed E-state index contributed by atoms with van der Waals surface area (Å²) in [5.41, 5.74) is 6.79. The third kappa shape index (κ3) is 8.47. The van der Waals surface area contributed by atoms with Gasteiger partial charge in [0.05, 0.1) is 36.4 Å². The highest BCUT2D eigenvalue weighted by Gasteiger charge is 2.36. The molecule has 12 heteroatoms. The molecule has 2 amide bonds. The number of anilines is 1. The van der Waals surface area contributed by atoms with Crippen LogP contribution in [0.15, 0.2) is 91.0 Å². The number of ether oxygens (including phenoxy) is 4. The molecule has 12 nitrogen and oxygen atoms in total. The van der Waals surface area contributed by atoms with E-state index in [0.717, 1.165) is 61.4 Å². The van der Waals surface area contributed by atoms with E-state index in [0.29, 0.717) is 72.2 Å². The Balaban J connectivity index is 1.11. The summed E-state index contributed by atoms with van der Waals surface area (Å²) in [5.74, 6) is 0.362. The first kappa shape index (κ1) is 40.3. The van der Waals surface area contributed by atoms with Gasteiger partial charge in [-0.2, -0.15) is 0 Å². The lowest BCUT2D eigenvalue weighted by Crippen LogP contribution is -2.52. The van der Waals surface area contributed by atoms with Gasteiger partial charge in [0.1, 0.15) is 11.4 Å². The first-order chi connectivity index (χ1) is 29.5. The standard InChI is InChI=1S/C49H52N4O8/c1-49(2,3)61-48(57)34-12-8-9-32(23-34)28-52(36-14-16-38(54)17-15-36)47(56)41-25-43(51-18-7-6-13-42(41)51)39-26-44-45(60-31-59-44)27-40(39)46(55)53-29-35-11-5-4-10-33(35)24-37(53)30-50-19-21-58-22-20-50/h4-5,8-12,14-17,23,25-27,37,54H,6-7,13,18-22,24,28-31H2,1-3H3/t37-/m0/s1.